The molecule has 0 unspecified atom stereocenters. The molecule has 5 heteroatoms. The molecule has 88 valence electrons. The van der Waals surface area contributed by atoms with Crippen molar-refractivity contribution in [2.75, 3.05) is 7.11 Å². The Kier molecular flexibility index (Phi) is 2.91. The van der Waals surface area contributed by atoms with Gasteiger partial charge in [-0.25, -0.2) is 9.18 Å². The molecule has 0 saturated carbocycles. The number of H-pyrrole nitrogens is 1. The molecule has 1 aromatic carbocycles. The van der Waals surface area contributed by atoms with Crippen molar-refractivity contribution in [1.82, 2.24) is 10.2 Å². The number of nitrogens with zero attached hydrogens (tertiary/aromatic N) is 1. The number of rotatable bonds is 2. The fraction of sp³-hybridized carbons (Fsp3) is 0.167. The van der Waals surface area contributed by atoms with Crippen LogP contribution >= 0.6 is 0 Å². The number of carbonyl (C=O) groups excluding carboxylic acids is 1. The number of methoxy groups -OCH3 is 1. The zero-order chi connectivity index (χ0) is 12.4. The van der Waals surface area contributed by atoms with Gasteiger partial charge in [-0.05, 0) is 19.1 Å². The van der Waals surface area contributed by atoms with Gasteiger partial charge in [-0.3, -0.25) is 5.10 Å². The molecule has 1 aromatic heterocycles. The average Bonchev–Trinajstić information content (AvgIpc) is 2.71. The van der Waals surface area contributed by atoms with Gasteiger partial charge in [0.2, 0.25) is 0 Å². The van der Waals surface area contributed by atoms with Crippen LogP contribution in [0.3, 0.4) is 0 Å². The fourth-order valence-corrected chi connectivity index (χ4v) is 1.63. The van der Waals surface area contributed by atoms with E-state index in [-0.39, 0.29) is 16.8 Å². The number of halogens is 1. The molecule has 4 nitrogen and oxygen atoms in total. The third kappa shape index (κ3) is 1.91. The van der Waals surface area contributed by atoms with Gasteiger partial charge in [-0.15, -0.1) is 0 Å². The van der Waals surface area contributed by atoms with Crippen LogP contribution in [0.25, 0.3) is 11.3 Å². The molecule has 0 amide bonds. The standard InChI is InChI=1S/C12H11FN2O2/c1-7-10(12(16)17-2)11(15-14-7)8-5-3-4-6-9(8)13/h3-6H,1-2H3,(H,14,15). The highest BCUT2D eigenvalue weighted by Gasteiger charge is 2.21. The second-order valence-electron chi connectivity index (χ2n) is 3.54. The van der Waals surface area contributed by atoms with Crippen molar-refractivity contribution in [3.63, 3.8) is 0 Å². The van der Waals surface area contributed by atoms with Gasteiger partial charge < -0.3 is 4.74 Å². The van der Waals surface area contributed by atoms with Crippen LogP contribution in [-0.2, 0) is 4.74 Å². The van der Waals surface area contributed by atoms with Crippen molar-refractivity contribution in [1.29, 1.82) is 0 Å². The molecule has 0 bridgehead atoms. The van der Waals surface area contributed by atoms with E-state index in [1.807, 2.05) is 0 Å². The van der Waals surface area contributed by atoms with Gasteiger partial charge in [-0.2, -0.15) is 5.10 Å². The predicted octanol–water partition coefficient (Wildman–Crippen LogP) is 2.31. The van der Waals surface area contributed by atoms with Crippen LogP contribution in [0.2, 0.25) is 0 Å². The van der Waals surface area contributed by atoms with E-state index < -0.39 is 11.8 Å². The number of hydrogen-bond donors (Lipinski definition) is 1. The number of ether oxygens (including phenoxy) is 1. The Morgan fingerprint density at radius 2 is 2.12 bits per heavy atom. The second kappa shape index (κ2) is 4.37. The molecule has 0 aliphatic carbocycles. The van der Waals surface area contributed by atoms with Crippen molar-refractivity contribution in [3.8, 4) is 11.3 Å². The predicted molar refractivity (Wildman–Crippen MR) is 60.1 cm³/mol. The van der Waals surface area contributed by atoms with Gasteiger partial charge in [0.15, 0.2) is 0 Å². The molecule has 0 aliphatic heterocycles. The van der Waals surface area contributed by atoms with Crippen LogP contribution in [0, 0.1) is 12.7 Å². The summed E-state index contributed by atoms with van der Waals surface area (Å²) < 4.78 is 18.3. The van der Waals surface area contributed by atoms with E-state index in [0.29, 0.717) is 5.69 Å². The monoisotopic (exact) mass is 234 g/mol. The van der Waals surface area contributed by atoms with E-state index in [2.05, 4.69) is 14.9 Å². The van der Waals surface area contributed by atoms with E-state index in [1.54, 1.807) is 25.1 Å². The lowest BCUT2D eigenvalue weighted by Crippen LogP contribution is -2.04. The summed E-state index contributed by atoms with van der Waals surface area (Å²) >= 11 is 0. The fourth-order valence-electron chi connectivity index (χ4n) is 1.63. The number of aromatic nitrogens is 2. The summed E-state index contributed by atoms with van der Waals surface area (Å²) in [6.45, 7) is 1.68. The first kappa shape index (κ1) is 11.3. The van der Waals surface area contributed by atoms with Crippen molar-refractivity contribution in [2.45, 2.75) is 6.92 Å². The van der Waals surface area contributed by atoms with Gasteiger partial charge >= 0.3 is 5.97 Å². The van der Waals surface area contributed by atoms with E-state index >= 15 is 0 Å². The van der Waals surface area contributed by atoms with Crippen LogP contribution in [-0.4, -0.2) is 23.3 Å². The Bertz CT molecular complexity index is 563. The highest BCUT2D eigenvalue weighted by Crippen LogP contribution is 2.26. The van der Waals surface area contributed by atoms with E-state index in [0.717, 1.165) is 0 Å². The summed E-state index contributed by atoms with van der Waals surface area (Å²) in [5.41, 5.74) is 1.36. The highest BCUT2D eigenvalue weighted by molar-refractivity contribution is 5.97. The average molecular weight is 234 g/mol. The normalized spacial score (nSPS) is 10.3. The Balaban J connectivity index is 2.61. The zero-order valence-electron chi connectivity index (χ0n) is 9.45. The number of nitrogens with one attached hydrogen (secondary N) is 1. The molecule has 1 heterocycles. The molecule has 2 aromatic rings. The minimum atomic E-state index is -0.533. The van der Waals surface area contributed by atoms with Crippen LogP contribution < -0.4 is 0 Å². The van der Waals surface area contributed by atoms with Gasteiger partial charge in [-0.1, -0.05) is 12.1 Å². The van der Waals surface area contributed by atoms with E-state index in [1.165, 1.54) is 13.2 Å². The van der Waals surface area contributed by atoms with Crippen LogP contribution in [0.4, 0.5) is 4.39 Å². The van der Waals surface area contributed by atoms with Crippen molar-refractivity contribution >= 4 is 5.97 Å². The van der Waals surface area contributed by atoms with Crippen molar-refractivity contribution < 1.29 is 13.9 Å². The minimum absolute atomic E-state index is 0.262. The molecule has 0 atom stereocenters. The molecule has 2 rings (SSSR count). The molecule has 0 saturated heterocycles. The Morgan fingerprint density at radius 3 is 2.76 bits per heavy atom. The maximum absolute atomic E-state index is 13.6. The number of aromatic amines is 1. The zero-order valence-corrected chi connectivity index (χ0v) is 9.45. The molecule has 1 N–H and O–H groups in total. The lowest BCUT2D eigenvalue weighted by molar-refractivity contribution is 0.0601. The largest absolute Gasteiger partial charge is 0.465 e. The topological polar surface area (TPSA) is 55.0 Å². The summed E-state index contributed by atoms with van der Waals surface area (Å²) in [6, 6.07) is 6.15. The number of benzene rings is 1. The third-order valence-electron chi connectivity index (χ3n) is 2.47. The van der Waals surface area contributed by atoms with E-state index in [4.69, 9.17) is 0 Å². The molecule has 0 radical (unpaired) electrons. The summed E-state index contributed by atoms with van der Waals surface area (Å²) in [5, 5.41) is 6.61. The van der Waals surface area contributed by atoms with E-state index in [9.17, 15) is 9.18 Å². The number of hydrogen-bond acceptors (Lipinski definition) is 3. The van der Waals surface area contributed by atoms with Gasteiger partial charge in [0.1, 0.15) is 17.1 Å². The van der Waals surface area contributed by atoms with Crippen LogP contribution in [0.5, 0.6) is 0 Å². The molecule has 0 spiro atoms. The van der Waals surface area contributed by atoms with Gasteiger partial charge in [0.05, 0.1) is 7.11 Å². The Morgan fingerprint density at radius 1 is 1.41 bits per heavy atom. The minimum Gasteiger partial charge on any atom is -0.465 e. The Hall–Kier alpha value is -2.17. The summed E-state index contributed by atoms with van der Waals surface area (Å²) in [4.78, 5) is 11.6. The first-order chi connectivity index (χ1) is 8.15. The summed E-state index contributed by atoms with van der Waals surface area (Å²) in [5.74, 6) is -0.960. The van der Waals surface area contributed by atoms with Gasteiger partial charge in [0.25, 0.3) is 0 Å². The lowest BCUT2D eigenvalue weighted by atomic mass is 10.1. The van der Waals surface area contributed by atoms with Gasteiger partial charge in [0, 0.05) is 11.3 Å². The molecule has 0 aliphatic rings. The molecule has 0 fully saturated rings. The Labute approximate surface area is 97.4 Å². The van der Waals surface area contributed by atoms with Crippen molar-refractivity contribution in [2.24, 2.45) is 0 Å². The smallest absolute Gasteiger partial charge is 0.341 e. The summed E-state index contributed by atoms with van der Waals surface area (Å²) in [6.07, 6.45) is 0. The first-order valence-corrected chi connectivity index (χ1v) is 5.03. The number of esters is 1. The molecule has 17 heavy (non-hydrogen) atoms. The van der Waals surface area contributed by atoms with Crippen LogP contribution in [0.15, 0.2) is 24.3 Å². The van der Waals surface area contributed by atoms with Crippen LogP contribution in [0.1, 0.15) is 16.1 Å². The molecular formula is C12H11FN2O2. The second-order valence-corrected chi connectivity index (χ2v) is 3.54. The highest BCUT2D eigenvalue weighted by atomic mass is 19.1. The third-order valence-corrected chi connectivity index (χ3v) is 2.47. The quantitative estimate of drug-likeness (QED) is 0.811. The summed E-state index contributed by atoms with van der Waals surface area (Å²) in [7, 11) is 1.28. The van der Waals surface area contributed by atoms with Crippen molar-refractivity contribution in [3.05, 3.63) is 41.3 Å². The number of carbonyl (C=O) groups is 1. The maximum atomic E-state index is 13.6. The first-order valence-electron chi connectivity index (χ1n) is 5.03. The SMILES string of the molecule is COC(=O)c1c(-c2ccccc2F)n[nH]c1C. The molecular weight excluding hydrogens is 223 g/mol. The maximum Gasteiger partial charge on any atom is 0.341 e. The number of aryl methyl sites for hydroxylation is 1. The lowest BCUT2D eigenvalue weighted by Gasteiger charge is -2.03.